The number of hydrogen-bond donors (Lipinski definition) is 0. The molecule has 4 nitrogen and oxygen atoms in total. The average Bonchev–Trinajstić information content (AvgIpc) is 2.42. The lowest BCUT2D eigenvalue weighted by molar-refractivity contribution is -0.167. The Kier molecular flexibility index (Phi) is 5.94. The molecule has 0 saturated carbocycles. The smallest absolute Gasteiger partial charge is 0.310 e. The fraction of sp³-hybridized carbons (Fsp3) is 0.529. The van der Waals surface area contributed by atoms with Crippen LogP contribution in [0.2, 0.25) is 0 Å². The van der Waals surface area contributed by atoms with Crippen LogP contribution in [0.15, 0.2) is 30.3 Å². The summed E-state index contributed by atoms with van der Waals surface area (Å²) in [4.78, 5) is 23.9. The summed E-state index contributed by atoms with van der Waals surface area (Å²) in [5.74, 6) is -1.85. The number of benzene rings is 1. The van der Waals surface area contributed by atoms with Crippen LogP contribution in [0.3, 0.4) is 0 Å². The van der Waals surface area contributed by atoms with E-state index in [-0.39, 0.29) is 12.6 Å². The van der Waals surface area contributed by atoms with Crippen molar-refractivity contribution in [3.8, 4) is 0 Å². The van der Waals surface area contributed by atoms with Crippen LogP contribution in [-0.2, 0) is 25.7 Å². The molecule has 0 heterocycles. The van der Waals surface area contributed by atoms with Gasteiger partial charge in [0.1, 0.15) is 12.2 Å². The molecule has 0 spiro atoms. The minimum Gasteiger partial charge on any atom is -0.461 e. The highest BCUT2D eigenvalue weighted by atomic mass is 16.6. The molecule has 0 aliphatic carbocycles. The first-order valence-corrected chi connectivity index (χ1v) is 7.14. The second-order valence-corrected chi connectivity index (χ2v) is 6.20. The molecule has 0 saturated heterocycles. The fourth-order valence-corrected chi connectivity index (χ4v) is 1.66. The standard InChI is InChI=1S/C17H24O4/c1-12(13(2)16(19)21-17(3,4)5)15(18)20-11-14-9-7-6-8-10-14/h6-10,12-13H,11H2,1-5H3/t12?,13-/m1/s1. The minimum absolute atomic E-state index is 0.213. The second kappa shape index (κ2) is 7.25. The van der Waals surface area contributed by atoms with Gasteiger partial charge >= 0.3 is 11.9 Å². The zero-order valence-corrected chi connectivity index (χ0v) is 13.4. The Morgan fingerprint density at radius 3 is 2.05 bits per heavy atom. The molecule has 0 radical (unpaired) electrons. The number of hydrogen-bond acceptors (Lipinski definition) is 4. The van der Waals surface area contributed by atoms with Crippen LogP contribution in [0.25, 0.3) is 0 Å². The lowest BCUT2D eigenvalue weighted by Gasteiger charge is -2.24. The van der Waals surface area contributed by atoms with Gasteiger partial charge in [0.05, 0.1) is 11.8 Å². The molecule has 21 heavy (non-hydrogen) atoms. The Bertz CT molecular complexity index is 473. The lowest BCUT2D eigenvalue weighted by atomic mass is 9.96. The molecule has 0 N–H and O–H groups in total. The summed E-state index contributed by atoms with van der Waals surface area (Å²) in [7, 11) is 0. The Labute approximate surface area is 126 Å². The molecule has 0 aliphatic rings. The number of ether oxygens (including phenoxy) is 2. The lowest BCUT2D eigenvalue weighted by Crippen LogP contribution is -2.33. The van der Waals surface area contributed by atoms with Crippen LogP contribution in [-0.4, -0.2) is 17.5 Å². The highest BCUT2D eigenvalue weighted by Gasteiger charge is 2.31. The summed E-state index contributed by atoms with van der Waals surface area (Å²) >= 11 is 0. The summed E-state index contributed by atoms with van der Waals surface area (Å²) in [5, 5.41) is 0. The zero-order valence-electron chi connectivity index (χ0n) is 13.4. The van der Waals surface area contributed by atoms with Gasteiger partial charge < -0.3 is 9.47 Å². The van der Waals surface area contributed by atoms with Gasteiger partial charge in [-0.05, 0) is 26.3 Å². The van der Waals surface area contributed by atoms with E-state index in [4.69, 9.17) is 9.47 Å². The monoisotopic (exact) mass is 292 g/mol. The van der Waals surface area contributed by atoms with E-state index in [1.54, 1.807) is 34.6 Å². The van der Waals surface area contributed by atoms with Crippen molar-refractivity contribution in [3.63, 3.8) is 0 Å². The maximum Gasteiger partial charge on any atom is 0.310 e. The SMILES string of the molecule is CC(C(=O)OCc1ccccc1)[C@@H](C)C(=O)OC(C)(C)C. The van der Waals surface area contributed by atoms with Crippen LogP contribution >= 0.6 is 0 Å². The predicted molar refractivity (Wildman–Crippen MR) is 80.4 cm³/mol. The highest BCUT2D eigenvalue weighted by Crippen LogP contribution is 2.19. The van der Waals surface area contributed by atoms with Crippen molar-refractivity contribution in [2.24, 2.45) is 11.8 Å². The van der Waals surface area contributed by atoms with E-state index >= 15 is 0 Å². The maximum absolute atomic E-state index is 12.0. The van der Waals surface area contributed by atoms with Crippen LogP contribution in [0.5, 0.6) is 0 Å². The van der Waals surface area contributed by atoms with Gasteiger partial charge in [0.15, 0.2) is 0 Å². The van der Waals surface area contributed by atoms with Gasteiger partial charge in [0, 0.05) is 0 Å². The van der Waals surface area contributed by atoms with E-state index in [2.05, 4.69) is 0 Å². The van der Waals surface area contributed by atoms with Crippen molar-refractivity contribution in [1.29, 1.82) is 0 Å². The molecule has 0 aromatic heterocycles. The van der Waals surface area contributed by atoms with Gasteiger partial charge in [0.25, 0.3) is 0 Å². The molecule has 1 aromatic carbocycles. The first-order valence-electron chi connectivity index (χ1n) is 7.14. The van der Waals surface area contributed by atoms with Gasteiger partial charge in [-0.2, -0.15) is 0 Å². The molecule has 0 bridgehead atoms. The number of carbonyl (C=O) groups is 2. The third-order valence-electron chi connectivity index (χ3n) is 3.12. The summed E-state index contributed by atoms with van der Waals surface area (Å²) in [6.07, 6.45) is 0. The molecule has 0 aliphatic heterocycles. The Hall–Kier alpha value is -1.84. The second-order valence-electron chi connectivity index (χ2n) is 6.20. The highest BCUT2D eigenvalue weighted by molar-refractivity contribution is 5.81. The Morgan fingerprint density at radius 2 is 1.52 bits per heavy atom. The fourth-order valence-electron chi connectivity index (χ4n) is 1.66. The van der Waals surface area contributed by atoms with E-state index in [9.17, 15) is 9.59 Å². The van der Waals surface area contributed by atoms with E-state index in [0.29, 0.717) is 0 Å². The molecule has 0 fully saturated rings. The van der Waals surface area contributed by atoms with E-state index in [0.717, 1.165) is 5.56 Å². The van der Waals surface area contributed by atoms with E-state index in [1.165, 1.54) is 0 Å². The maximum atomic E-state index is 12.0. The van der Waals surface area contributed by atoms with Gasteiger partial charge in [-0.15, -0.1) is 0 Å². The van der Waals surface area contributed by atoms with Crippen molar-refractivity contribution < 1.29 is 19.1 Å². The molecule has 116 valence electrons. The zero-order chi connectivity index (χ0) is 16.0. The van der Waals surface area contributed by atoms with Gasteiger partial charge in [0.2, 0.25) is 0 Å². The van der Waals surface area contributed by atoms with Gasteiger partial charge in [-0.3, -0.25) is 9.59 Å². The average molecular weight is 292 g/mol. The quantitative estimate of drug-likeness (QED) is 0.781. The molecule has 2 atom stereocenters. The van der Waals surface area contributed by atoms with Crippen LogP contribution in [0.1, 0.15) is 40.2 Å². The third-order valence-corrected chi connectivity index (χ3v) is 3.12. The molecule has 0 amide bonds. The molecule has 1 rings (SSSR count). The number of esters is 2. The van der Waals surface area contributed by atoms with Crippen molar-refractivity contribution in [3.05, 3.63) is 35.9 Å². The normalized spacial score (nSPS) is 14.1. The molecule has 4 heteroatoms. The summed E-state index contributed by atoms with van der Waals surface area (Å²) in [6.45, 7) is 8.98. The molecular weight excluding hydrogens is 268 g/mol. The third kappa shape index (κ3) is 5.98. The largest absolute Gasteiger partial charge is 0.461 e. The van der Waals surface area contributed by atoms with Crippen LogP contribution in [0, 0.1) is 11.8 Å². The van der Waals surface area contributed by atoms with E-state index in [1.807, 2.05) is 30.3 Å². The van der Waals surface area contributed by atoms with E-state index < -0.39 is 23.4 Å². The summed E-state index contributed by atoms with van der Waals surface area (Å²) in [6, 6.07) is 9.44. The molecule has 1 unspecified atom stereocenters. The first-order chi connectivity index (χ1) is 9.70. The summed E-state index contributed by atoms with van der Waals surface area (Å²) in [5.41, 5.74) is 0.363. The number of rotatable bonds is 5. The number of carbonyl (C=O) groups excluding carboxylic acids is 2. The van der Waals surface area contributed by atoms with Crippen LogP contribution < -0.4 is 0 Å². The Morgan fingerprint density at radius 1 is 1.00 bits per heavy atom. The van der Waals surface area contributed by atoms with Crippen molar-refractivity contribution in [1.82, 2.24) is 0 Å². The predicted octanol–water partition coefficient (Wildman–Crippen LogP) is 3.34. The topological polar surface area (TPSA) is 52.6 Å². The molecular formula is C17H24O4. The van der Waals surface area contributed by atoms with Crippen molar-refractivity contribution >= 4 is 11.9 Å². The Balaban J connectivity index is 2.51. The van der Waals surface area contributed by atoms with Gasteiger partial charge in [-0.1, -0.05) is 44.2 Å². The summed E-state index contributed by atoms with van der Waals surface area (Å²) < 4.78 is 10.5. The van der Waals surface area contributed by atoms with Crippen LogP contribution in [0.4, 0.5) is 0 Å². The first kappa shape index (κ1) is 17.2. The van der Waals surface area contributed by atoms with Crippen molar-refractivity contribution in [2.75, 3.05) is 0 Å². The van der Waals surface area contributed by atoms with Crippen molar-refractivity contribution in [2.45, 2.75) is 46.8 Å². The van der Waals surface area contributed by atoms with Gasteiger partial charge in [-0.25, -0.2) is 0 Å². The molecule has 1 aromatic rings. The minimum atomic E-state index is -0.557.